The van der Waals surface area contributed by atoms with Crippen molar-refractivity contribution in [3.8, 4) is 11.4 Å². The first-order valence-corrected chi connectivity index (χ1v) is 26.3. The number of carbonyl (C=O) groups is 9. The molecule has 21 nitrogen and oxygen atoms in total. The molecule has 0 bridgehead atoms. The average Bonchev–Trinajstić information content (AvgIpc) is 3.95. The number of nitrogens with zero attached hydrogens (tertiary/aromatic N) is 3. The fraction of sp³-hybridized carbons (Fsp3) is 0.415. The molecule has 0 saturated heterocycles. The number of aromatic nitrogens is 2. The lowest BCUT2D eigenvalue weighted by molar-refractivity contribution is -0.172. The topological polar surface area (TPSA) is 293 Å². The summed E-state index contributed by atoms with van der Waals surface area (Å²) in [6.07, 6.45) is 5.12. The van der Waals surface area contributed by atoms with Crippen LogP contribution >= 0.6 is 11.8 Å². The van der Waals surface area contributed by atoms with E-state index in [2.05, 4.69) is 31.9 Å². The molecule has 8 rings (SSSR count). The van der Waals surface area contributed by atoms with Crippen molar-refractivity contribution < 1.29 is 57.4 Å². The third-order valence-electron chi connectivity index (χ3n) is 14.0. The second-order valence-corrected chi connectivity index (χ2v) is 20.0. The van der Waals surface area contributed by atoms with Crippen LogP contribution < -0.4 is 37.5 Å². The van der Waals surface area contributed by atoms with Gasteiger partial charge in [0.2, 0.25) is 35.4 Å². The van der Waals surface area contributed by atoms with Gasteiger partial charge in [0.25, 0.3) is 17.4 Å². The van der Waals surface area contributed by atoms with E-state index in [4.69, 9.17) is 9.72 Å². The number of hydrogen-bond donors (Lipinski definition) is 7. The fourth-order valence-electron chi connectivity index (χ4n) is 9.88. The molecule has 0 radical (unpaired) electrons. The van der Waals surface area contributed by atoms with Gasteiger partial charge < -0.3 is 46.3 Å². The minimum atomic E-state index is -2.03. The predicted octanol–water partition coefficient (Wildman–Crippen LogP) is 1.39. The molecule has 0 unspecified atom stereocenters. The lowest BCUT2D eigenvalue weighted by Gasteiger charge is -2.31. The maximum Gasteiger partial charge on any atom is 0.343 e. The number of carbonyl (C=O) groups excluding carboxylic acids is 9. The Morgan fingerprint density at radius 3 is 2.32 bits per heavy atom. The first-order chi connectivity index (χ1) is 36.5. The highest BCUT2D eigenvalue weighted by Crippen LogP contribution is 2.46. The van der Waals surface area contributed by atoms with E-state index in [9.17, 15) is 53.1 Å². The number of aliphatic hydroxyl groups is 1. The number of fused-ring (bicyclic) bond motifs is 5. The molecule has 3 atom stereocenters. The number of rotatable bonds is 23. The Kier molecular flexibility index (Phi) is 17.1. The number of hydrogen-bond acceptors (Lipinski definition) is 14. The number of esters is 1. The van der Waals surface area contributed by atoms with E-state index >= 15 is 4.39 Å². The van der Waals surface area contributed by atoms with Crippen molar-refractivity contribution >= 4 is 75.9 Å². The van der Waals surface area contributed by atoms with E-state index in [0.29, 0.717) is 76.8 Å². The molecule has 2 aromatic heterocycles. The Labute approximate surface area is 439 Å². The monoisotopic (exact) mass is 1060 g/mol. The summed E-state index contributed by atoms with van der Waals surface area (Å²) in [5.41, 5.74) is 2.30. The van der Waals surface area contributed by atoms with Crippen LogP contribution in [-0.4, -0.2) is 117 Å². The number of imide groups is 1. The van der Waals surface area contributed by atoms with E-state index < -0.39 is 77.7 Å². The number of benzene rings is 2. The molecule has 400 valence electrons. The van der Waals surface area contributed by atoms with Crippen LogP contribution in [-0.2, 0) is 79.5 Å². The third kappa shape index (κ3) is 12.0. The van der Waals surface area contributed by atoms with Gasteiger partial charge in [0.1, 0.15) is 18.5 Å². The highest BCUT2D eigenvalue weighted by atomic mass is 32.2. The highest BCUT2D eigenvalue weighted by Gasteiger charge is 2.46. The van der Waals surface area contributed by atoms with Crippen LogP contribution in [0.1, 0.15) is 96.9 Å². The molecule has 23 heteroatoms. The smallest absolute Gasteiger partial charge is 0.343 e. The van der Waals surface area contributed by atoms with Crippen molar-refractivity contribution in [1.82, 2.24) is 46.4 Å². The fourth-order valence-corrected chi connectivity index (χ4v) is 10.6. The van der Waals surface area contributed by atoms with Gasteiger partial charge in [0.05, 0.1) is 60.6 Å². The number of ether oxygens (including phenoxy) is 1. The SMILES string of the molecule is CC[C@@]1(O)C(=O)OCc2c1cc1n(c2=O)Cc2c-1nc1cc(F)c(C)c3c1c2[C@@H](NC(=O)CCSCNC(=O)CNC(=O)[C@H](Cc1ccccc1)NC(=O)CNC(=O)CNC(=O)CCCCCN1C(=O)C=CC1=O)CC3. The lowest BCUT2D eigenvalue weighted by Crippen LogP contribution is -2.52. The predicted molar refractivity (Wildman–Crippen MR) is 274 cm³/mol. The Morgan fingerprint density at radius 1 is 0.855 bits per heavy atom. The average molecular weight is 1060 g/mol. The number of pyridine rings is 2. The van der Waals surface area contributed by atoms with Crippen molar-refractivity contribution in [3.05, 3.63) is 110 Å². The van der Waals surface area contributed by atoms with Gasteiger partial charge in [-0.25, -0.2) is 14.2 Å². The third-order valence-corrected chi connectivity index (χ3v) is 14.8. The van der Waals surface area contributed by atoms with Gasteiger partial charge in [-0.1, -0.05) is 43.7 Å². The van der Waals surface area contributed by atoms with Crippen molar-refractivity contribution in [2.75, 3.05) is 37.8 Å². The first kappa shape index (κ1) is 54.5. The minimum Gasteiger partial charge on any atom is -0.458 e. The number of thioether (sulfide) groups is 1. The number of halogens is 1. The van der Waals surface area contributed by atoms with E-state index in [-0.39, 0.29) is 86.6 Å². The summed E-state index contributed by atoms with van der Waals surface area (Å²) in [6, 6.07) is 10.1. The van der Waals surface area contributed by atoms with Crippen LogP contribution in [0.4, 0.5) is 4.39 Å². The first-order valence-electron chi connectivity index (χ1n) is 25.1. The minimum absolute atomic E-state index is 0.0326. The van der Waals surface area contributed by atoms with Gasteiger partial charge >= 0.3 is 5.97 Å². The quantitative estimate of drug-likeness (QED) is 0.0211. The summed E-state index contributed by atoms with van der Waals surface area (Å²) in [5, 5.41) is 27.9. The maximum absolute atomic E-state index is 15.4. The molecule has 4 aromatic rings. The molecule has 4 aliphatic rings. The molecule has 76 heavy (non-hydrogen) atoms. The van der Waals surface area contributed by atoms with Crippen LogP contribution in [0.3, 0.4) is 0 Å². The molecule has 0 spiro atoms. The Morgan fingerprint density at radius 2 is 1.57 bits per heavy atom. The molecule has 8 amide bonds. The van der Waals surface area contributed by atoms with Crippen molar-refractivity contribution in [2.24, 2.45) is 0 Å². The molecule has 3 aliphatic heterocycles. The Hall–Kier alpha value is -7.79. The van der Waals surface area contributed by atoms with Gasteiger partial charge in [-0.15, -0.1) is 11.8 Å². The van der Waals surface area contributed by atoms with Crippen LogP contribution in [0.2, 0.25) is 0 Å². The van der Waals surface area contributed by atoms with E-state index in [0.717, 1.165) is 16.0 Å². The zero-order valence-corrected chi connectivity index (χ0v) is 42.8. The highest BCUT2D eigenvalue weighted by molar-refractivity contribution is 7.99. The zero-order chi connectivity index (χ0) is 54.3. The molecule has 0 fully saturated rings. The van der Waals surface area contributed by atoms with Gasteiger partial charge in [-0.3, -0.25) is 48.1 Å². The van der Waals surface area contributed by atoms with E-state index in [1.807, 2.05) is 0 Å². The molecule has 1 aliphatic carbocycles. The number of cyclic esters (lactones) is 1. The Balaban J connectivity index is 0.787. The van der Waals surface area contributed by atoms with E-state index in [1.165, 1.54) is 34.5 Å². The molecule has 5 heterocycles. The molecular formula is C53H58FN9O12S. The van der Waals surface area contributed by atoms with E-state index in [1.54, 1.807) is 50.2 Å². The van der Waals surface area contributed by atoms with Crippen LogP contribution in [0.25, 0.3) is 22.3 Å². The van der Waals surface area contributed by atoms with Crippen molar-refractivity contribution in [1.29, 1.82) is 0 Å². The second kappa shape index (κ2) is 23.8. The van der Waals surface area contributed by atoms with Crippen LogP contribution in [0.15, 0.2) is 59.4 Å². The Bertz CT molecular complexity index is 3110. The number of unbranched alkanes of at least 4 members (excludes halogenated alkanes) is 2. The summed E-state index contributed by atoms with van der Waals surface area (Å²) in [7, 11) is 0. The van der Waals surface area contributed by atoms with Gasteiger partial charge in [-0.2, -0.15) is 0 Å². The summed E-state index contributed by atoms with van der Waals surface area (Å²) < 4.78 is 22.1. The molecule has 7 N–H and O–H groups in total. The molecule has 2 aromatic carbocycles. The lowest BCUT2D eigenvalue weighted by atomic mass is 9.81. The van der Waals surface area contributed by atoms with Crippen molar-refractivity contribution in [3.63, 3.8) is 0 Å². The number of amides is 8. The summed E-state index contributed by atoms with van der Waals surface area (Å²) >= 11 is 1.27. The second-order valence-electron chi connectivity index (χ2n) is 18.9. The standard InChI is InChI=1S/C53H58FN9O12S/c1-3-53(74)34-21-39-49-32(26-63(39)51(72)33(34)27-75-52(53)73)48-36(14-13-31-29(2)35(54)22-37(61-49)47(31)48)59-41(65)17-19-76-28-58-43(67)24-57-50(71)38(20-30-10-6-4-7-11-30)60-44(68)25-56-42(66)23-55-40(64)12-8-5-9-18-62-45(69)15-16-46(62)70/h4,6-7,10-11,15-16,21-22,36,38,74H,3,5,8-9,12-14,17-20,23-28H2,1-2H3,(H,55,64)(H,56,66)(H,57,71)(H,58,67)(H,59,65)(H,60,68)/t36-,38-,53-/m0/s1. The van der Waals surface area contributed by atoms with Gasteiger partial charge in [-0.05, 0) is 67.3 Å². The normalized spacial score (nSPS) is 17.3. The van der Waals surface area contributed by atoms with Crippen LogP contribution in [0, 0.1) is 12.7 Å². The zero-order valence-electron chi connectivity index (χ0n) is 41.9. The summed E-state index contributed by atoms with van der Waals surface area (Å²) in [4.78, 5) is 133. The summed E-state index contributed by atoms with van der Waals surface area (Å²) in [6.45, 7) is 2.05. The van der Waals surface area contributed by atoms with Crippen LogP contribution in [0.5, 0.6) is 0 Å². The summed E-state index contributed by atoms with van der Waals surface area (Å²) in [5.74, 6) is -4.79. The largest absolute Gasteiger partial charge is 0.458 e. The van der Waals surface area contributed by atoms with Gasteiger partial charge in [0, 0.05) is 66.3 Å². The van der Waals surface area contributed by atoms with Gasteiger partial charge in [0.15, 0.2) is 5.60 Å². The molecule has 0 saturated carbocycles. The number of aryl methyl sites for hydroxylation is 1. The maximum atomic E-state index is 15.4. The molecular weight excluding hydrogens is 1010 g/mol. The van der Waals surface area contributed by atoms with Crippen molar-refractivity contribution in [2.45, 2.75) is 102 Å². The number of nitrogens with one attached hydrogen (secondary N) is 6.